The third-order valence-corrected chi connectivity index (χ3v) is 4.00. The predicted octanol–water partition coefficient (Wildman–Crippen LogP) is 2.18. The van der Waals surface area contributed by atoms with Gasteiger partial charge in [0.15, 0.2) is 5.65 Å². The fourth-order valence-electron chi connectivity index (χ4n) is 2.18. The Morgan fingerprint density at radius 3 is 2.86 bits per heavy atom. The number of nitrogens with zero attached hydrogens (tertiary/aromatic N) is 4. The highest BCUT2D eigenvalue weighted by atomic mass is 32.2. The molecule has 0 spiro atoms. The summed E-state index contributed by atoms with van der Waals surface area (Å²) in [6.45, 7) is 3.85. The zero-order valence-corrected chi connectivity index (χ0v) is 12.5. The molecule has 0 saturated carbocycles. The van der Waals surface area contributed by atoms with Crippen LogP contribution in [0, 0.1) is 19.3 Å². The predicted molar refractivity (Wildman–Crippen MR) is 81.8 cm³/mol. The Kier molecular flexibility index (Phi) is 3.34. The highest BCUT2D eigenvalue weighted by Gasteiger charge is 2.16. The lowest BCUT2D eigenvalue weighted by atomic mass is 10.1. The van der Waals surface area contributed by atoms with Crippen LogP contribution >= 0.6 is 11.8 Å². The molecule has 0 unspecified atom stereocenters. The standard InChI is InChI=1S/C14H14N6S/c1-8-7-9(2)17-13(11(8)12(15)16)21-14-19-18-10-5-3-4-6-20(10)14/h3-7H,1-2H3,(H3,15,16). The Labute approximate surface area is 125 Å². The molecule has 3 N–H and O–H groups in total. The van der Waals surface area contributed by atoms with Gasteiger partial charge in [-0.1, -0.05) is 6.07 Å². The molecule has 3 aromatic heterocycles. The van der Waals surface area contributed by atoms with E-state index in [1.807, 2.05) is 48.7 Å². The highest BCUT2D eigenvalue weighted by Crippen LogP contribution is 2.29. The quantitative estimate of drug-likeness (QED) is 0.571. The molecule has 7 heteroatoms. The van der Waals surface area contributed by atoms with Crippen molar-refractivity contribution in [2.24, 2.45) is 5.73 Å². The van der Waals surface area contributed by atoms with Crippen molar-refractivity contribution in [2.45, 2.75) is 24.0 Å². The summed E-state index contributed by atoms with van der Waals surface area (Å²) in [4.78, 5) is 4.50. The van der Waals surface area contributed by atoms with Crippen LogP contribution in [0.3, 0.4) is 0 Å². The van der Waals surface area contributed by atoms with Gasteiger partial charge in [-0.25, -0.2) is 4.98 Å². The van der Waals surface area contributed by atoms with Gasteiger partial charge in [0, 0.05) is 11.9 Å². The van der Waals surface area contributed by atoms with Crippen molar-refractivity contribution in [1.82, 2.24) is 19.6 Å². The van der Waals surface area contributed by atoms with Gasteiger partial charge in [0.05, 0.1) is 5.56 Å². The van der Waals surface area contributed by atoms with Crippen LogP contribution in [-0.4, -0.2) is 25.4 Å². The summed E-state index contributed by atoms with van der Waals surface area (Å²) in [5.74, 6) is 0.0105. The molecule has 0 saturated heterocycles. The third-order valence-electron chi connectivity index (χ3n) is 3.05. The van der Waals surface area contributed by atoms with E-state index in [4.69, 9.17) is 11.1 Å². The smallest absolute Gasteiger partial charge is 0.201 e. The molecule has 21 heavy (non-hydrogen) atoms. The van der Waals surface area contributed by atoms with E-state index in [2.05, 4.69) is 15.2 Å². The molecule has 0 atom stereocenters. The van der Waals surface area contributed by atoms with Crippen LogP contribution < -0.4 is 5.73 Å². The molecule has 0 amide bonds. The van der Waals surface area contributed by atoms with Crippen LogP contribution in [-0.2, 0) is 0 Å². The Bertz CT molecular complexity index is 839. The van der Waals surface area contributed by atoms with E-state index in [-0.39, 0.29) is 5.84 Å². The monoisotopic (exact) mass is 298 g/mol. The van der Waals surface area contributed by atoms with Crippen molar-refractivity contribution in [3.63, 3.8) is 0 Å². The van der Waals surface area contributed by atoms with Crippen molar-refractivity contribution >= 4 is 23.2 Å². The van der Waals surface area contributed by atoms with E-state index in [1.54, 1.807) is 0 Å². The summed E-state index contributed by atoms with van der Waals surface area (Å²) in [5.41, 5.74) is 8.94. The average molecular weight is 298 g/mol. The summed E-state index contributed by atoms with van der Waals surface area (Å²) in [7, 11) is 0. The van der Waals surface area contributed by atoms with E-state index < -0.39 is 0 Å². The van der Waals surface area contributed by atoms with Crippen LogP contribution in [0.5, 0.6) is 0 Å². The minimum Gasteiger partial charge on any atom is -0.384 e. The molecule has 106 valence electrons. The molecule has 0 bridgehead atoms. The Morgan fingerprint density at radius 2 is 2.10 bits per heavy atom. The molecule has 3 rings (SSSR count). The second-order valence-corrected chi connectivity index (χ2v) is 5.64. The maximum Gasteiger partial charge on any atom is 0.201 e. The first-order valence-electron chi connectivity index (χ1n) is 6.36. The first-order valence-corrected chi connectivity index (χ1v) is 7.18. The molecule has 0 aliphatic carbocycles. The Hall–Kier alpha value is -2.41. The van der Waals surface area contributed by atoms with Gasteiger partial charge in [0.2, 0.25) is 5.16 Å². The lowest BCUT2D eigenvalue weighted by Gasteiger charge is -2.10. The van der Waals surface area contributed by atoms with Crippen LogP contribution in [0.2, 0.25) is 0 Å². The van der Waals surface area contributed by atoms with Gasteiger partial charge < -0.3 is 5.73 Å². The third kappa shape index (κ3) is 2.47. The maximum atomic E-state index is 7.76. The number of nitrogens with one attached hydrogen (secondary N) is 1. The lowest BCUT2D eigenvalue weighted by molar-refractivity contribution is 0.913. The number of aryl methyl sites for hydroxylation is 2. The van der Waals surface area contributed by atoms with Gasteiger partial charge in [-0.3, -0.25) is 9.81 Å². The average Bonchev–Trinajstić information content (AvgIpc) is 2.81. The molecule has 0 aromatic carbocycles. The number of pyridine rings is 2. The number of hydrogen-bond donors (Lipinski definition) is 2. The van der Waals surface area contributed by atoms with Crippen molar-refractivity contribution in [3.8, 4) is 0 Å². The number of fused-ring (bicyclic) bond motifs is 1. The van der Waals surface area contributed by atoms with Crippen molar-refractivity contribution in [1.29, 1.82) is 5.41 Å². The zero-order chi connectivity index (χ0) is 15.0. The van der Waals surface area contributed by atoms with E-state index in [0.717, 1.165) is 16.9 Å². The van der Waals surface area contributed by atoms with Crippen molar-refractivity contribution in [2.75, 3.05) is 0 Å². The number of aromatic nitrogens is 4. The fourth-order valence-corrected chi connectivity index (χ4v) is 3.25. The number of hydrogen-bond acceptors (Lipinski definition) is 5. The van der Waals surface area contributed by atoms with Crippen molar-refractivity contribution in [3.05, 3.63) is 47.3 Å². The first kappa shape index (κ1) is 13.6. The molecular weight excluding hydrogens is 284 g/mol. The van der Waals surface area contributed by atoms with Gasteiger partial charge in [-0.15, -0.1) is 10.2 Å². The summed E-state index contributed by atoms with van der Waals surface area (Å²) in [6.07, 6.45) is 1.90. The molecule has 3 aromatic rings. The van der Waals surface area contributed by atoms with Crippen molar-refractivity contribution < 1.29 is 0 Å². The second-order valence-electron chi connectivity index (χ2n) is 4.69. The second kappa shape index (κ2) is 5.17. The number of amidine groups is 1. The molecule has 0 aliphatic rings. The van der Waals surface area contributed by atoms with Gasteiger partial charge in [0.1, 0.15) is 10.9 Å². The molecular formula is C14H14N6S. The van der Waals surface area contributed by atoms with E-state index in [9.17, 15) is 0 Å². The van der Waals surface area contributed by atoms with Gasteiger partial charge in [-0.05, 0) is 49.4 Å². The number of nitrogens with two attached hydrogens (primary N) is 1. The minimum atomic E-state index is 0.0105. The maximum absolute atomic E-state index is 7.76. The molecule has 6 nitrogen and oxygen atoms in total. The van der Waals surface area contributed by atoms with Crippen LogP contribution in [0.25, 0.3) is 5.65 Å². The van der Waals surface area contributed by atoms with E-state index in [1.165, 1.54) is 11.8 Å². The Morgan fingerprint density at radius 1 is 1.29 bits per heavy atom. The number of nitrogen functional groups attached to an aromatic ring is 1. The minimum absolute atomic E-state index is 0.0105. The van der Waals surface area contributed by atoms with Gasteiger partial charge >= 0.3 is 0 Å². The summed E-state index contributed by atoms with van der Waals surface area (Å²) < 4.78 is 1.88. The number of rotatable bonds is 3. The summed E-state index contributed by atoms with van der Waals surface area (Å²) in [5, 5.41) is 17.4. The normalized spacial score (nSPS) is 11.0. The van der Waals surface area contributed by atoms with Gasteiger partial charge in [0.25, 0.3) is 0 Å². The molecule has 0 aliphatic heterocycles. The fraction of sp³-hybridized carbons (Fsp3) is 0.143. The van der Waals surface area contributed by atoms with Crippen LogP contribution in [0.15, 0.2) is 40.6 Å². The molecule has 3 heterocycles. The van der Waals surface area contributed by atoms with Crippen LogP contribution in [0.1, 0.15) is 16.8 Å². The Balaban J connectivity index is 2.11. The molecule has 0 fully saturated rings. The summed E-state index contributed by atoms with van der Waals surface area (Å²) in [6, 6.07) is 7.64. The largest absolute Gasteiger partial charge is 0.384 e. The van der Waals surface area contributed by atoms with E-state index >= 15 is 0 Å². The lowest BCUT2D eigenvalue weighted by Crippen LogP contribution is -2.15. The van der Waals surface area contributed by atoms with E-state index in [0.29, 0.717) is 15.7 Å². The topological polar surface area (TPSA) is 93.0 Å². The molecule has 0 radical (unpaired) electrons. The van der Waals surface area contributed by atoms with Crippen LogP contribution in [0.4, 0.5) is 0 Å². The SMILES string of the molecule is Cc1cc(C)c(C(=N)N)c(Sc2nnc3ccccn23)n1. The zero-order valence-electron chi connectivity index (χ0n) is 11.7. The van der Waals surface area contributed by atoms with Gasteiger partial charge in [-0.2, -0.15) is 0 Å². The first-order chi connectivity index (χ1) is 10.1. The highest BCUT2D eigenvalue weighted by molar-refractivity contribution is 7.99. The summed E-state index contributed by atoms with van der Waals surface area (Å²) >= 11 is 1.36.